The number of hydrogen-bond acceptors (Lipinski definition) is 3. The van der Waals surface area contributed by atoms with E-state index < -0.39 is 0 Å². The molecule has 1 N–H and O–H groups in total. The summed E-state index contributed by atoms with van der Waals surface area (Å²) < 4.78 is 0. The summed E-state index contributed by atoms with van der Waals surface area (Å²) in [7, 11) is 0. The molecule has 4 nitrogen and oxygen atoms in total. The van der Waals surface area contributed by atoms with Crippen LogP contribution in [0.5, 0.6) is 0 Å². The Labute approximate surface area is 193 Å². The monoisotopic (exact) mass is 432 g/mol. The first kappa shape index (κ1) is 20.7. The molecule has 5 rings (SSSR count). The fourth-order valence-electron chi connectivity index (χ4n) is 4.24. The molecule has 1 aliphatic rings. The SMILES string of the molecule is Cc1ccc(C2=C(Nc3cccc4ccccc34)C(=O)N(Cc3ccccc3)C2=O)cc1C. The van der Waals surface area contributed by atoms with E-state index in [4.69, 9.17) is 0 Å². The second-order valence-electron chi connectivity index (χ2n) is 8.38. The van der Waals surface area contributed by atoms with Gasteiger partial charge in [0.25, 0.3) is 11.8 Å². The minimum atomic E-state index is -0.315. The van der Waals surface area contributed by atoms with Gasteiger partial charge < -0.3 is 5.32 Å². The van der Waals surface area contributed by atoms with Crippen LogP contribution in [0.2, 0.25) is 0 Å². The number of hydrogen-bond donors (Lipinski definition) is 1. The van der Waals surface area contributed by atoms with Crippen LogP contribution >= 0.6 is 0 Å². The number of aryl methyl sites for hydroxylation is 2. The predicted molar refractivity (Wildman–Crippen MR) is 132 cm³/mol. The number of nitrogens with zero attached hydrogens (tertiary/aromatic N) is 1. The summed E-state index contributed by atoms with van der Waals surface area (Å²) in [5.41, 5.74) is 5.39. The number of anilines is 1. The van der Waals surface area contributed by atoms with E-state index in [-0.39, 0.29) is 18.4 Å². The third-order valence-electron chi connectivity index (χ3n) is 6.20. The maximum absolute atomic E-state index is 13.6. The van der Waals surface area contributed by atoms with Crippen molar-refractivity contribution in [2.45, 2.75) is 20.4 Å². The Morgan fingerprint density at radius 2 is 1.45 bits per heavy atom. The topological polar surface area (TPSA) is 49.4 Å². The molecule has 0 unspecified atom stereocenters. The summed E-state index contributed by atoms with van der Waals surface area (Å²) in [6.07, 6.45) is 0. The first-order chi connectivity index (χ1) is 16.0. The lowest BCUT2D eigenvalue weighted by atomic mass is 9.99. The molecule has 4 heteroatoms. The van der Waals surface area contributed by atoms with E-state index in [9.17, 15) is 9.59 Å². The lowest BCUT2D eigenvalue weighted by molar-refractivity contribution is -0.137. The average molecular weight is 433 g/mol. The molecule has 4 aromatic carbocycles. The molecular weight excluding hydrogens is 408 g/mol. The Morgan fingerprint density at radius 3 is 2.24 bits per heavy atom. The smallest absolute Gasteiger partial charge is 0.278 e. The van der Waals surface area contributed by atoms with E-state index in [2.05, 4.69) is 5.32 Å². The maximum atomic E-state index is 13.6. The molecule has 0 bridgehead atoms. The quantitative estimate of drug-likeness (QED) is 0.403. The summed E-state index contributed by atoms with van der Waals surface area (Å²) in [4.78, 5) is 28.5. The number of carbonyl (C=O) groups is 2. The lowest BCUT2D eigenvalue weighted by Gasteiger charge is -2.16. The van der Waals surface area contributed by atoms with E-state index in [0.29, 0.717) is 11.3 Å². The number of carbonyl (C=O) groups excluding carboxylic acids is 2. The summed E-state index contributed by atoms with van der Waals surface area (Å²) in [5, 5.41) is 5.39. The molecule has 0 atom stereocenters. The lowest BCUT2D eigenvalue weighted by Crippen LogP contribution is -2.32. The third kappa shape index (κ3) is 3.80. The molecule has 33 heavy (non-hydrogen) atoms. The molecule has 0 spiro atoms. The molecule has 0 fully saturated rings. The van der Waals surface area contributed by atoms with Gasteiger partial charge in [0.2, 0.25) is 0 Å². The van der Waals surface area contributed by atoms with Crippen LogP contribution in [0.25, 0.3) is 16.3 Å². The van der Waals surface area contributed by atoms with E-state index in [1.165, 1.54) is 4.90 Å². The zero-order valence-corrected chi connectivity index (χ0v) is 18.6. The number of amides is 2. The number of benzene rings is 4. The number of rotatable bonds is 5. The highest BCUT2D eigenvalue weighted by Gasteiger charge is 2.39. The molecule has 0 radical (unpaired) electrons. The first-order valence-corrected chi connectivity index (χ1v) is 11.0. The van der Waals surface area contributed by atoms with Crippen molar-refractivity contribution >= 4 is 33.8 Å². The number of fused-ring (bicyclic) bond motifs is 1. The maximum Gasteiger partial charge on any atom is 0.278 e. The zero-order chi connectivity index (χ0) is 22.9. The minimum absolute atomic E-state index is 0.230. The van der Waals surface area contributed by atoms with Crippen molar-refractivity contribution in [1.29, 1.82) is 0 Å². The van der Waals surface area contributed by atoms with Crippen LogP contribution in [0, 0.1) is 13.8 Å². The molecule has 0 saturated heterocycles. The van der Waals surface area contributed by atoms with Gasteiger partial charge in [0.05, 0.1) is 12.1 Å². The van der Waals surface area contributed by atoms with Crippen molar-refractivity contribution in [2.24, 2.45) is 0 Å². The summed E-state index contributed by atoms with van der Waals surface area (Å²) in [6, 6.07) is 29.4. The van der Waals surface area contributed by atoms with Crippen LogP contribution in [0.3, 0.4) is 0 Å². The summed E-state index contributed by atoms with van der Waals surface area (Å²) in [5.74, 6) is -0.597. The van der Waals surface area contributed by atoms with Crippen LogP contribution in [0.1, 0.15) is 22.3 Å². The van der Waals surface area contributed by atoms with E-state index >= 15 is 0 Å². The highest BCUT2D eigenvalue weighted by atomic mass is 16.2. The Morgan fingerprint density at radius 1 is 0.727 bits per heavy atom. The summed E-state index contributed by atoms with van der Waals surface area (Å²) >= 11 is 0. The van der Waals surface area contributed by atoms with Crippen LogP contribution in [-0.4, -0.2) is 16.7 Å². The van der Waals surface area contributed by atoms with Crippen LogP contribution in [-0.2, 0) is 16.1 Å². The van der Waals surface area contributed by atoms with Crippen molar-refractivity contribution in [3.8, 4) is 0 Å². The standard InChI is InChI=1S/C29H24N2O2/c1-19-15-16-23(17-20(19)2)26-27(30-25-14-8-12-22-11-6-7-13-24(22)25)29(33)31(28(26)32)18-21-9-4-3-5-10-21/h3-17,30H,18H2,1-2H3. The highest BCUT2D eigenvalue weighted by Crippen LogP contribution is 2.34. The van der Waals surface area contributed by atoms with Gasteiger partial charge in [0, 0.05) is 11.1 Å². The van der Waals surface area contributed by atoms with E-state index in [0.717, 1.165) is 38.7 Å². The molecule has 162 valence electrons. The van der Waals surface area contributed by atoms with Gasteiger partial charge in [-0.1, -0.05) is 84.9 Å². The van der Waals surface area contributed by atoms with Gasteiger partial charge in [-0.05, 0) is 47.6 Å². The molecular formula is C29H24N2O2. The summed E-state index contributed by atoms with van der Waals surface area (Å²) in [6.45, 7) is 4.28. The molecule has 2 amide bonds. The second-order valence-corrected chi connectivity index (χ2v) is 8.38. The third-order valence-corrected chi connectivity index (χ3v) is 6.20. The van der Waals surface area contributed by atoms with Gasteiger partial charge in [0.1, 0.15) is 5.70 Å². The molecule has 1 heterocycles. The Hall–Kier alpha value is -4.18. The average Bonchev–Trinajstić information content (AvgIpc) is 3.06. The van der Waals surface area contributed by atoms with Crippen molar-refractivity contribution in [3.05, 3.63) is 119 Å². The largest absolute Gasteiger partial charge is 0.350 e. The molecule has 0 saturated carbocycles. The molecule has 0 aromatic heterocycles. The highest BCUT2D eigenvalue weighted by molar-refractivity contribution is 6.36. The minimum Gasteiger partial charge on any atom is -0.350 e. The van der Waals surface area contributed by atoms with E-state index in [1.807, 2.05) is 105 Å². The van der Waals surface area contributed by atoms with E-state index in [1.54, 1.807) is 0 Å². The zero-order valence-electron chi connectivity index (χ0n) is 18.6. The van der Waals surface area contributed by atoms with Crippen LogP contribution in [0.4, 0.5) is 5.69 Å². The van der Waals surface area contributed by atoms with Gasteiger partial charge >= 0.3 is 0 Å². The molecule has 1 aliphatic heterocycles. The van der Waals surface area contributed by atoms with Gasteiger partial charge in [-0.3, -0.25) is 14.5 Å². The van der Waals surface area contributed by atoms with Crippen LogP contribution in [0.15, 0.2) is 96.7 Å². The number of nitrogens with one attached hydrogen (secondary N) is 1. The Balaban J connectivity index is 1.62. The Kier molecular flexibility index (Phi) is 5.27. The van der Waals surface area contributed by atoms with Crippen molar-refractivity contribution in [3.63, 3.8) is 0 Å². The van der Waals surface area contributed by atoms with Crippen molar-refractivity contribution in [2.75, 3.05) is 5.32 Å². The van der Waals surface area contributed by atoms with Gasteiger partial charge in [-0.2, -0.15) is 0 Å². The molecule has 0 aliphatic carbocycles. The molecule has 4 aromatic rings. The van der Waals surface area contributed by atoms with Gasteiger partial charge in [-0.15, -0.1) is 0 Å². The number of imide groups is 1. The fourth-order valence-corrected chi connectivity index (χ4v) is 4.24. The first-order valence-electron chi connectivity index (χ1n) is 11.0. The second kappa shape index (κ2) is 8.40. The van der Waals surface area contributed by atoms with Gasteiger partial charge in [0.15, 0.2) is 0 Å². The van der Waals surface area contributed by atoms with Crippen molar-refractivity contribution < 1.29 is 9.59 Å². The van der Waals surface area contributed by atoms with Crippen LogP contribution < -0.4 is 5.32 Å². The normalized spacial score (nSPS) is 13.8. The van der Waals surface area contributed by atoms with Crippen molar-refractivity contribution in [1.82, 2.24) is 4.90 Å². The van der Waals surface area contributed by atoms with Gasteiger partial charge in [-0.25, -0.2) is 0 Å². The Bertz CT molecular complexity index is 1420. The fraction of sp³-hybridized carbons (Fsp3) is 0.103. The predicted octanol–water partition coefficient (Wildman–Crippen LogP) is 5.85.